The Labute approximate surface area is 93.9 Å². The average molecular weight is 228 g/mol. The zero-order valence-electron chi connectivity index (χ0n) is 8.87. The van der Waals surface area contributed by atoms with E-state index < -0.39 is 0 Å². The van der Waals surface area contributed by atoms with Gasteiger partial charge in [-0.25, -0.2) is 0 Å². The normalized spacial score (nSPS) is 15.1. The summed E-state index contributed by atoms with van der Waals surface area (Å²) >= 11 is 5.80. The second-order valence-electron chi connectivity index (χ2n) is 3.80. The molecule has 15 heavy (non-hydrogen) atoms. The molecule has 0 atom stereocenters. The first-order valence-electron chi connectivity index (χ1n) is 4.99. The number of hydrogen-bond donors (Lipinski definition) is 1. The molecule has 0 amide bonds. The van der Waals surface area contributed by atoms with Crippen molar-refractivity contribution in [1.82, 2.24) is 15.0 Å². The largest absolute Gasteiger partial charge is 0.357 e. The molecule has 0 bridgehead atoms. The maximum absolute atomic E-state index is 5.80. The van der Waals surface area contributed by atoms with E-state index in [9.17, 15) is 0 Å². The van der Waals surface area contributed by atoms with Crippen LogP contribution in [-0.4, -0.2) is 35.6 Å². The number of nitrogens with one attached hydrogen (secondary N) is 1. The number of nitrogens with zero attached hydrogens (tertiary/aromatic N) is 4. The standard InChI is InChI=1S/C9H14ClN5/c1-11-8-12-7(10)13-9(14-8)15(2)5-6-3-4-6/h6H,3-5H2,1-2H3,(H,11,12,13,14). The summed E-state index contributed by atoms with van der Waals surface area (Å²) in [6.45, 7) is 0.990. The molecule has 5 nitrogen and oxygen atoms in total. The lowest BCUT2D eigenvalue weighted by molar-refractivity contribution is 0.761. The highest BCUT2D eigenvalue weighted by molar-refractivity contribution is 6.28. The van der Waals surface area contributed by atoms with Crippen molar-refractivity contribution in [2.24, 2.45) is 5.92 Å². The Hall–Kier alpha value is -1.10. The van der Waals surface area contributed by atoms with Crippen molar-refractivity contribution in [3.63, 3.8) is 0 Å². The van der Waals surface area contributed by atoms with Gasteiger partial charge < -0.3 is 10.2 Å². The van der Waals surface area contributed by atoms with Gasteiger partial charge in [0, 0.05) is 20.6 Å². The molecule has 1 heterocycles. The first-order valence-corrected chi connectivity index (χ1v) is 5.37. The topological polar surface area (TPSA) is 53.9 Å². The Morgan fingerprint density at radius 2 is 2.13 bits per heavy atom. The minimum absolute atomic E-state index is 0.229. The molecular formula is C9H14ClN5. The van der Waals surface area contributed by atoms with Gasteiger partial charge >= 0.3 is 0 Å². The lowest BCUT2D eigenvalue weighted by Crippen LogP contribution is -2.23. The van der Waals surface area contributed by atoms with E-state index in [2.05, 4.69) is 20.3 Å². The van der Waals surface area contributed by atoms with Crippen LogP contribution in [0.1, 0.15) is 12.8 Å². The molecular weight excluding hydrogens is 214 g/mol. The zero-order chi connectivity index (χ0) is 10.8. The van der Waals surface area contributed by atoms with Crippen LogP contribution < -0.4 is 10.2 Å². The molecule has 1 saturated carbocycles. The molecule has 1 aliphatic carbocycles. The van der Waals surface area contributed by atoms with Gasteiger partial charge in [0.1, 0.15) is 0 Å². The molecule has 1 aromatic rings. The Kier molecular flexibility index (Phi) is 2.90. The van der Waals surface area contributed by atoms with Gasteiger partial charge in [-0.1, -0.05) is 0 Å². The summed E-state index contributed by atoms with van der Waals surface area (Å²) in [5, 5.41) is 3.09. The van der Waals surface area contributed by atoms with Gasteiger partial charge in [-0.05, 0) is 30.4 Å². The molecule has 0 aliphatic heterocycles. The number of rotatable bonds is 4. The molecule has 1 aromatic heterocycles. The highest BCUT2D eigenvalue weighted by atomic mass is 35.5. The Morgan fingerprint density at radius 1 is 1.40 bits per heavy atom. The number of hydrogen-bond acceptors (Lipinski definition) is 5. The fourth-order valence-electron chi connectivity index (χ4n) is 1.39. The van der Waals surface area contributed by atoms with Crippen molar-refractivity contribution in [2.45, 2.75) is 12.8 Å². The monoisotopic (exact) mass is 227 g/mol. The second kappa shape index (κ2) is 4.18. The third-order valence-electron chi connectivity index (χ3n) is 2.39. The first-order chi connectivity index (χ1) is 7.19. The fourth-order valence-corrected chi connectivity index (χ4v) is 1.55. The van der Waals surface area contributed by atoms with E-state index in [0.717, 1.165) is 12.5 Å². The molecule has 1 N–H and O–H groups in total. The minimum atomic E-state index is 0.229. The van der Waals surface area contributed by atoms with Crippen LogP contribution in [0.4, 0.5) is 11.9 Å². The van der Waals surface area contributed by atoms with Gasteiger partial charge in [0.15, 0.2) is 0 Å². The summed E-state index contributed by atoms with van der Waals surface area (Å²) in [7, 11) is 3.74. The van der Waals surface area contributed by atoms with Gasteiger partial charge in [-0.2, -0.15) is 15.0 Å². The third-order valence-corrected chi connectivity index (χ3v) is 2.56. The molecule has 0 spiro atoms. The predicted molar refractivity (Wildman–Crippen MR) is 60.4 cm³/mol. The SMILES string of the molecule is CNc1nc(Cl)nc(N(C)CC2CC2)n1. The van der Waals surface area contributed by atoms with Crippen LogP contribution in [0.15, 0.2) is 0 Å². The molecule has 82 valence electrons. The van der Waals surface area contributed by atoms with E-state index in [0.29, 0.717) is 11.9 Å². The Bertz CT molecular complexity index is 352. The van der Waals surface area contributed by atoms with Gasteiger partial charge in [0.05, 0.1) is 0 Å². The van der Waals surface area contributed by atoms with Crippen LogP contribution in [0.5, 0.6) is 0 Å². The van der Waals surface area contributed by atoms with Crippen molar-refractivity contribution >= 4 is 23.5 Å². The van der Waals surface area contributed by atoms with Gasteiger partial charge in [0.2, 0.25) is 17.2 Å². The van der Waals surface area contributed by atoms with Crippen LogP contribution in [0, 0.1) is 5.92 Å². The summed E-state index contributed by atoms with van der Waals surface area (Å²) < 4.78 is 0. The van der Waals surface area contributed by atoms with E-state index in [4.69, 9.17) is 11.6 Å². The quantitative estimate of drug-likeness (QED) is 0.843. The Balaban J connectivity index is 2.13. The van der Waals surface area contributed by atoms with Crippen molar-refractivity contribution in [3.05, 3.63) is 5.28 Å². The van der Waals surface area contributed by atoms with Crippen LogP contribution in [0.25, 0.3) is 0 Å². The van der Waals surface area contributed by atoms with E-state index >= 15 is 0 Å². The first kappa shape index (κ1) is 10.4. The molecule has 0 saturated heterocycles. The van der Waals surface area contributed by atoms with Crippen molar-refractivity contribution in [3.8, 4) is 0 Å². The summed E-state index contributed by atoms with van der Waals surface area (Å²) in [6, 6.07) is 0. The van der Waals surface area contributed by atoms with E-state index in [-0.39, 0.29) is 5.28 Å². The van der Waals surface area contributed by atoms with E-state index in [1.807, 2.05) is 11.9 Å². The highest BCUT2D eigenvalue weighted by Crippen LogP contribution is 2.30. The van der Waals surface area contributed by atoms with Crippen LogP contribution in [0.2, 0.25) is 5.28 Å². The van der Waals surface area contributed by atoms with Crippen LogP contribution in [0.3, 0.4) is 0 Å². The summed E-state index contributed by atoms with van der Waals surface area (Å²) in [5.74, 6) is 1.93. The fraction of sp³-hybridized carbons (Fsp3) is 0.667. The molecule has 6 heteroatoms. The average Bonchev–Trinajstić information content (AvgIpc) is 3.00. The lowest BCUT2D eigenvalue weighted by atomic mass is 10.4. The van der Waals surface area contributed by atoms with Gasteiger partial charge in [0.25, 0.3) is 0 Å². The number of halogens is 1. The second-order valence-corrected chi connectivity index (χ2v) is 4.14. The lowest BCUT2D eigenvalue weighted by Gasteiger charge is -2.16. The van der Waals surface area contributed by atoms with Crippen LogP contribution >= 0.6 is 11.6 Å². The molecule has 0 aromatic carbocycles. The summed E-state index contributed by atoms with van der Waals surface area (Å²) in [4.78, 5) is 14.3. The third kappa shape index (κ3) is 2.68. The smallest absolute Gasteiger partial charge is 0.231 e. The van der Waals surface area contributed by atoms with Gasteiger partial charge in [-0.15, -0.1) is 0 Å². The number of aromatic nitrogens is 3. The molecule has 1 fully saturated rings. The number of anilines is 2. The molecule has 0 radical (unpaired) electrons. The van der Waals surface area contributed by atoms with Crippen molar-refractivity contribution in [1.29, 1.82) is 0 Å². The summed E-state index contributed by atoms with van der Waals surface area (Å²) in [5.41, 5.74) is 0. The van der Waals surface area contributed by atoms with Crippen molar-refractivity contribution in [2.75, 3.05) is 30.9 Å². The Morgan fingerprint density at radius 3 is 2.73 bits per heavy atom. The molecule has 1 aliphatic rings. The van der Waals surface area contributed by atoms with E-state index in [1.165, 1.54) is 12.8 Å². The zero-order valence-corrected chi connectivity index (χ0v) is 9.62. The summed E-state index contributed by atoms with van der Waals surface area (Å²) in [6.07, 6.45) is 2.62. The van der Waals surface area contributed by atoms with Gasteiger partial charge in [-0.3, -0.25) is 0 Å². The predicted octanol–water partition coefficient (Wildman–Crippen LogP) is 1.41. The van der Waals surface area contributed by atoms with Crippen molar-refractivity contribution < 1.29 is 0 Å². The van der Waals surface area contributed by atoms with Crippen LogP contribution in [-0.2, 0) is 0 Å². The highest BCUT2D eigenvalue weighted by Gasteiger charge is 2.24. The molecule has 0 unspecified atom stereocenters. The van der Waals surface area contributed by atoms with E-state index in [1.54, 1.807) is 7.05 Å². The maximum Gasteiger partial charge on any atom is 0.231 e. The minimum Gasteiger partial charge on any atom is -0.357 e. The maximum atomic E-state index is 5.80. The molecule has 2 rings (SSSR count).